The summed E-state index contributed by atoms with van der Waals surface area (Å²) in [7, 11) is 0. The smallest absolute Gasteiger partial charge is 0.259 e. The lowest BCUT2D eigenvalue weighted by molar-refractivity contribution is 0.102. The van der Waals surface area contributed by atoms with Crippen LogP contribution in [-0.4, -0.2) is 39.3 Å². The minimum atomic E-state index is -0.267. The molecule has 0 aliphatic rings. The van der Waals surface area contributed by atoms with Crippen molar-refractivity contribution in [3.05, 3.63) is 90.3 Å². The number of nitrogens with one attached hydrogen (secondary N) is 1. The number of aromatic nitrogens is 4. The molecule has 4 rings (SSSR count). The largest absolute Gasteiger partial charge is 0.490 e. The zero-order chi connectivity index (χ0) is 21.5. The Balaban J connectivity index is 1.43. The molecule has 1 amide bonds. The molecule has 0 bridgehead atoms. The van der Waals surface area contributed by atoms with Crippen LogP contribution in [0.4, 0.5) is 5.69 Å². The highest BCUT2D eigenvalue weighted by Gasteiger charge is 2.14. The first-order valence-corrected chi connectivity index (χ1v) is 9.76. The highest BCUT2D eigenvalue weighted by Crippen LogP contribution is 2.23. The Morgan fingerprint density at radius 1 is 0.968 bits per heavy atom. The number of amides is 1. The van der Waals surface area contributed by atoms with E-state index in [1.165, 1.54) is 11.0 Å². The van der Waals surface area contributed by atoms with Crippen molar-refractivity contribution >= 4 is 11.6 Å². The molecule has 156 valence electrons. The fourth-order valence-electron chi connectivity index (χ4n) is 2.96. The molecule has 0 aliphatic carbocycles. The van der Waals surface area contributed by atoms with Gasteiger partial charge in [-0.1, -0.05) is 36.4 Å². The highest BCUT2D eigenvalue weighted by atomic mass is 16.5. The van der Waals surface area contributed by atoms with Crippen molar-refractivity contribution < 1.29 is 14.3 Å². The molecule has 4 aromatic rings. The van der Waals surface area contributed by atoms with Crippen molar-refractivity contribution in [2.75, 3.05) is 18.5 Å². The number of ether oxygens (including phenoxy) is 2. The highest BCUT2D eigenvalue weighted by molar-refractivity contribution is 6.06. The van der Waals surface area contributed by atoms with Crippen molar-refractivity contribution in [2.45, 2.75) is 6.92 Å². The SMILES string of the molecule is Cc1ccc(-n2cnnn2)cc1NC(=O)c1ccccc1OCCOc1ccccc1. The Hall–Kier alpha value is -4.20. The van der Waals surface area contributed by atoms with E-state index >= 15 is 0 Å². The van der Waals surface area contributed by atoms with Gasteiger partial charge in [0, 0.05) is 5.69 Å². The van der Waals surface area contributed by atoms with E-state index in [-0.39, 0.29) is 5.91 Å². The molecule has 1 heterocycles. The number of nitrogens with zero attached hydrogens (tertiary/aromatic N) is 4. The summed E-state index contributed by atoms with van der Waals surface area (Å²) in [6.07, 6.45) is 1.50. The molecule has 0 saturated heterocycles. The lowest BCUT2D eigenvalue weighted by Crippen LogP contribution is -2.16. The van der Waals surface area contributed by atoms with Gasteiger partial charge in [0.2, 0.25) is 0 Å². The molecular formula is C23H21N5O3. The molecule has 1 N–H and O–H groups in total. The van der Waals surface area contributed by atoms with Crippen molar-refractivity contribution in [1.82, 2.24) is 20.2 Å². The van der Waals surface area contributed by atoms with Crippen LogP contribution in [0.1, 0.15) is 15.9 Å². The number of rotatable bonds is 8. The van der Waals surface area contributed by atoms with Crippen molar-refractivity contribution in [2.24, 2.45) is 0 Å². The molecule has 0 aliphatic heterocycles. The maximum Gasteiger partial charge on any atom is 0.259 e. The van der Waals surface area contributed by atoms with Crippen LogP contribution in [-0.2, 0) is 0 Å². The van der Waals surface area contributed by atoms with Gasteiger partial charge in [0.05, 0.1) is 11.3 Å². The fourth-order valence-corrected chi connectivity index (χ4v) is 2.96. The summed E-state index contributed by atoms with van der Waals surface area (Å²) < 4.78 is 13.0. The van der Waals surface area contributed by atoms with Gasteiger partial charge in [0.25, 0.3) is 5.91 Å². The van der Waals surface area contributed by atoms with Gasteiger partial charge in [0.15, 0.2) is 0 Å². The Morgan fingerprint density at radius 3 is 2.55 bits per heavy atom. The number of aryl methyl sites for hydroxylation is 1. The number of tetrazole rings is 1. The summed E-state index contributed by atoms with van der Waals surface area (Å²) in [6, 6.07) is 22.2. The molecule has 8 nitrogen and oxygen atoms in total. The van der Waals surface area contributed by atoms with Crippen molar-refractivity contribution in [3.8, 4) is 17.2 Å². The van der Waals surface area contributed by atoms with Gasteiger partial charge in [0.1, 0.15) is 31.0 Å². The minimum absolute atomic E-state index is 0.267. The number of carbonyl (C=O) groups is 1. The first-order valence-electron chi connectivity index (χ1n) is 9.76. The predicted octanol–water partition coefficient (Wildman–Crippen LogP) is 3.68. The number of hydrogen-bond acceptors (Lipinski definition) is 6. The Bertz CT molecular complexity index is 1150. The fraction of sp³-hybridized carbons (Fsp3) is 0.130. The van der Waals surface area contributed by atoms with Crippen LogP contribution in [0.2, 0.25) is 0 Å². The maximum atomic E-state index is 13.0. The summed E-state index contributed by atoms with van der Waals surface area (Å²) in [5.41, 5.74) is 2.77. The monoisotopic (exact) mass is 415 g/mol. The number of para-hydroxylation sites is 2. The average molecular weight is 415 g/mol. The maximum absolute atomic E-state index is 13.0. The second-order valence-corrected chi connectivity index (χ2v) is 6.71. The zero-order valence-corrected chi connectivity index (χ0v) is 16.9. The summed E-state index contributed by atoms with van der Waals surface area (Å²) >= 11 is 0. The van der Waals surface area contributed by atoms with Crippen LogP contribution in [0.25, 0.3) is 5.69 Å². The molecule has 0 spiro atoms. The lowest BCUT2D eigenvalue weighted by atomic mass is 10.1. The second-order valence-electron chi connectivity index (χ2n) is 6.71. The molecule has 1 aromatic heterocycles. The first-order chi connectivity index (χ1) is 15.2. The second kappa shape index (κ2) is 9.53. The van der Waals surface area contributed by atoms with E-state index in [4.69, 9.17) is 9.47 Å². The van der Waals surface area contributed by atoms with E-state index in [9.17, 15) is 4.79 Å². The summed E-state index contributed by atoms with van der Waals surface area (Å²) in [6.45, 7) is 2.60. The van der Waals surface area contributed by atoms with Gasteiger partial charge in [-0.2, -0.15) is 0 Å². The molecule has 0 radical (unpaired) electrons. The minimum Gasteiger partial charge on any atom is -0.490 e. The van der Waals surface area contributed by atoms with Gasteiger partial charge in [-0.05, 0) is 59.3 Å². The third kappa shape index (κ3) is 5.05. The van der Waals surface area contributed by atoms with Crippen LogP contribution >= 0.6 is 0 Å². The molecule has 0 fully saturated rings. The molecule has 8 heteroatoms. The van der Waals surface area contributed by atoms with Gasteiger partial charge in [-0.3, -0.25) is 4.79 Å². The number of hydrogen-bond donors (Lipinski definition) is 1. The van der Waals surface area contributed by atoms with E-state index < -0.39 is 0 Å². The lowest BCUT2D eigenvalue weighted by Gasteiger charge is -2.14. The number of anilines is 1. The topological polar surface area (TPSA) is 91.2 Å². The van der Waals surface area contributed by atoms with E-state index in [0.29, 0.717) is 30.2 Å². The number of carbonyl (C=O) groups excluding carboxylic acids is 1. The molecular weight excluding hydrogens is 394 g/mol. The Labute approximate surface area is 179 Å². The molecule has 3 aromatic carbocycles. The van der Waals surface area contributed by atoms with Crippen LogP contribution in [0.15, 0.2) is 79.1 Å². The average Bonchev–Trinajstić information content (AvgIpc) is 3.34. The predicted molar refractivity (Wildman–Crippen MR) is 116 cm³/mol. The molecule has 31 heavy (non-hydrogen) atoms. The van der Waals surface area contributed by atoms with Crippen LogP contribution < -0.4 is 14.8 Å². The van der Waals surface area contributed by atoms with Crippen LogP contribution in [0.3, 0.4) is 0 Å². The summed E-state index contributed by atoms with van der Waals surface area (Å²) in [5.74, 6) is 0.998. The first kappa shape index (κ1) is 20.1. The van der Waals surface area contributed by atoms with Gasteiger partial charge < -0.3 is 14.8 Å². The van der Waals surface area contributed by atoms with Crippen LogP contribution in [0.5, 0.6) is 11.5 Å². The molecule has 0 unspecified atom stereocenters. The van der Waals surface area contributed by atoms with Gasteiger partial charge in [-0.25, -0.2) is 4.68 Å². The normalized spacial score (nSPS) is 10.5. The van der Waals surface area contributed by atoms with E-state index in [2.05, 4.69) is 20.8 Å². The van der Waals surface area contributed by atoms with Crippen molar-refractivity contribution in [3.63, 3.8) is 0 Å². The zero-order valence-electron chi connectivity index (χ0n) is 16.9. The molecule has 0 saturated carbocycles. The summed E-state index contributed by atoms with van der Waals surface area (Å²) in [4.78, 5) is 13.0. The Morgan fingerprint density at radius 2 is 1.74 bits per heavy atom. The van der Waals surface area contributed by atoms with E-state index in [0.717, 1.165) is 17.0 Å². The molecule has 0 atom stereocenters. The summed E-state index contributed by atoms with van der Waals surface area (Å²) in [5, 5.41) is 14.1. The standard InChI is InChI=1S/C23H21N5O3/c1-17-11-12-18(28-16-24-26-27-28)15-21(17)25-23(29)20-9-5-6-10-22(20)31-14-13-30-19-7-3-2-4-8-19/h2-12,15-16H,13-14H2,1H3,(H,25,29). The van der Waals surface area contributed by atoms with Crippen LogP contribution in [0, 0.1) is 6.92 Å². The van der Waals surface area contributed by atoms with Crippen molar-refractivity contribution in [1.29, 1.82) is 0 Å². The third-order valence-corrected chi connectivity index (χ3v) is 4.57. The Kier molecular flexibility index (Phi) is 6.18. The quantitative estimate of drug-likeness (QED) is 0.442. The van der Waals surface area contributed by atoms with E-state index in [1.54, 1.807) is 18.2 Å². The number of benzene rings is 3. The van der Waals surface area contributed by atoms with Gasteiger partial charge in [-0.15, -0.1) is 5.10 Å². The van der Waals surface area contributed by atoms with E-state index in [1.807, 2.05) is 61.5 Å². The third-order valence-electron chi connectivity index (χ3n) is 4.57. The van der Waals surface area contributed by atoms with Gasteiger partial charge >= 0.3 is 0 Å².